The standard InChI is InChI=1S/C15H18IN3OS/c1-4-17-15-13(16)12(9-20-2)18-14(19-15)10-5-7-11(21-3)8-6-10/h5-8H,4,9H2,1-3H3,(H,17,18,19). The van der Waals surface area contributed by atoms with Gasteiger partial charge in [0.15, 0.2) is 5.82 Å². The molecule has 1 aromatic heterocycles. The van der Waals surface area contributed by atoms with Crippen LogP contribution in [0.15, 0.2) is 29.2 Å². The van der Waals surface area contributed by atoms with Crippen molar-refractivity contribution in [2.45, 2.75) is 18.4 Å². The summed E-state index contributed by atoms with van der Waals surface area (Å²) < 4.78 is 6.26. The van der Waals surface area contributed by atoms with E-state index in [9.17, 15) is 0 Å². The first-order chi connectivity index (χ1) is 10.2. The number of methoxy groups -OCH3 is 1. The Morgan fingerprint density at radius 1 is 1.24 bits per heavy atom. The van der Waals surface area contributed by atoms with E-state index in [1.54, 1.807) is 18.9 Å². The molecule has 0 unspecified atom stereocenters. The van der Waals surface area contributed by atoms with E-state index in [0.717, 1.165) is 33.0 Å². The molecule has 0 radical (unpaired) electrons. The Morgan fingerprint density at radius 3 is 2.52 bits per heavy atom. The van der Waals surface area contributed by atoms with E-state index < -0.39 is 0 Å². The summed E-state index contributed by atoms with van der Waals surface area (Å²) in [6, 6.07) is 8.29. The minimum atomic E-state index is 0.481. The van der Waals surface area contributed by atoms with Crippen LogP contribution >= 0.6 is 34.4 Å². The molecule has 0 atom stereocenters. The van der Waals surface area contributed by atoms with Crippen LogP contribution in [0.2, 0.25) is 0 Å². The molecule has 21 heavy (non-hydrogen) atoms. The molecule has 0 aliphatic carbocycles. The van der Waals surface area contributed by atoms with Crippen molar-refractivity contribution in [3.63, 3.8) is 0 Å². The number of aromatic nitrogens is 2. The van der Waals surface area contributed by atoms with Gasteiger partial charge in [-0.3, -0.25) is 0 Å². The number of hydrogen-bond donors (Lipinski definition) is 1. The predicted molar refractivity (Wildman–Crippen MR) is 96.8 cm³/mol. The number of anilines is 1. The van der Waals surface area contributed by atoms with Crippen LogP contribution in [0.3, 0.4) is 0 Å². The molecule has 112 valence electrons. The van der Waals surface area contributed by atoms with Crippen LogP contribution in [0.4, 0.5) is 5.82 Å². The van der Waals surface area contributed by atoms with Gasteiger partial charge in [0.25, 0.3) is 0 Å². The molecule has 0 aliphatic heterocycles. The Bertz CT molecular complexity index is 577. The highest BCUT2D eigenvalue weighted by Gasteiger charge is 2.13. The number of ether oxygens (including phenoxy) is 1. The summed E-state index contributed by atoms with van der Waals surface area (Å²) in [6.45, 7) is 3.36. The molecule has 0 spiro atoms. The summed E-state index contributed by atoms with van der Waals surface area (Å²) in [5.41, 5.74) is 1.92. The second-order valence-corrected chi connectivity index (χ2v) is 6.31. The highest BCUT2D eigenvalue weighted by atomic mass is 127. The van der Waals surface area contributed by atoms with Gasteiger partial charge in [0.05, 0.1) is 15.9 Å². The van der Waals surface area contributed by atoms with Gasteiger partial charge < -0.3 is 10.1 Å². The quantitative estimate of drug-likeness (QED) is 0.570. The maximum Gasteiger partial charge on any atom is 0.161 e. The molecule has 0 fully saturated rings. The van der Waals surface area contributed by atoms with Gasteiger partial charge in [-0.05, 0) is 47.9 Å². The first kappa shape index (κ1) is 16.5. The van der Waals surface area contributed by atoms with E-state index in [0.29, 0.717) is 6.61 Å². The lowest BCUT2D eigenvalue weighted by Gasteiger charge is -2.12. The van der Waals surface area contributed by atoms with Crippen molar-refractivity contribution in [2.75, 3.05) is 25.2 Å². The highest BCUT2D eigenvalue weighted by Crippen LogP contribution is 2.26. The number of benzene rings is 1. The molecule has 0 bridgehead atoms. The van der Waals surface area contributed by atoms with E-state index >= 15 is 0 Å². The van der Waals surface area contributed by atoms with Crippen LogP contribution in [-0.4, -0.2) is 29.9 Å². The van der Waals surface area contributed by atoms with Gasteiger partial charge in [0.2, 0.25) is 0 Å². The third kappa shape index (κ3) is 4.08. The number of nitrogens with one attached hydrogen (secondary N) is 1. The average Bonchev–Trinajstić information content (AvgIpc) is 2.51. The summed E-state index contributed by atoms with van der Waals surface area (Å²) in [7, 11) is 1.68. The lowest BCUT2D eigenvalue weighted by atomic mass is 10.2. The van der Waals surface area contributed by atoms with Crippen molar-refractivity contribution in [3.8, 4) is 11.4 Å². The molecule has 2 aromatic rings. The number of hydrogen-bond acceptors (Lipinski definition) is 5. The Balaban J connectivity index is 2.45. The smallest absolute Gasteiger partial charge is 0.161 e. The lowest BCUT2D eigenvalue weighted by Crippen LogP contribution is -2.08. The number of rotatable bonds is 6. The zero-order chi connectivity index (χ0) is 15.2. The van der Waals surface area contributed by atoms with E-state index in [1.807, 2.05) is 0 Å². The van der Waals surface area contributed by atoms with Crippen LogP contribution in [-0.2, 0) is 11.3 Å². The molecule has 2 rings (SSSR count). The maximum atomic E-state index is 5.24. The first-order valence-corrected chi connectivity index (χ1v) is 8.93. The van der Waals surface area contributed by atoms with Gasteiger partial charge in [-0.2, -0.15) is 0 Å². The van der Waals surface area contributed by atoms with Gasteiger partial charge in [0.1, 0.15) is 5.82 Å². The molecule has 6 heteroatoms. The molecule has 0 saturated carbocycles. The fourth-order valence-electron chi connectivity index (χ4n) is 1.88. The minimum Gasteiger partial charge on any atom is -0.378 e. The molecular weight excluding hydrogens is 397 g/mol. The van der Waals surface area contributed by atoms with Gasteiger partial charge in [0, 0.05) is 24.1 Å². The molecule has 1 N–H and O–H groups in total. The molecule has 0 amide bonds. The molecule has 0 aliphatic rings. The molecule has 1 aromatic carbocycles. The van der Waals surface area contributed by atoms with Crippen molar-refractivity contribution >= 4 is 40.2 Å². The fraction of sp³-hybridized carbons (Fsp3) is 0.333. The van der Waals surface area contributed by atoms with Crippen molar-refractivity contribution < 1.29 is 4.74 Å². The zero-order valence-corrected chi connectivity index (χ0v) is 15.3. The van der Waals surface area contributed by atoms with E-state index in [2.05, 4.69) is 75.3 Å². The molecule has 0 saturated heterocycles. The SMILES string of the molecule is CCNc1nc(-c2ccc(SC)cc2)nc(COC)c1I. The van der Waals surface area contributed by atoms with Crippen LogP contribution in [0.1, 0.15) is 12.6 Å². The summed E-state index contributed by atoms with van der Waals surface area (Å²) in [5.74, 6) is 1.59. The number of nitrogens with zero attached hydrogens (tertiary/aromatic N) is 2. The molecular formula is C15H18IN3OS. The van der Waals surface area contributed by atoms with Crippen LogP contribution < -0.4 is 5.32 Å². The maximum absolute atomic E-state index is 5.24. The largest absolute Gasteiger partial charge is 0.378 e. The monoisotopic (exact) mass is 415 g/mol. The van der Waals surface area contributed by atoms with Crippen LogP contribution in [0.25, 0.3) is 11.4 Å². The minimum absolute atomic E-state index is 0.481. The Morgan fingerprint density at radius 2 is 1.95 bits per heavy atom. The van der Waals surface area contributed by atoms with Crippen molar-refractivity contribution in [2.24, 2.45) is 0 Å². The van der Waals surface area contributed by atoms with Gasteiger partial charge in [-0.25, -0.2) is 9.97 Å². The summed E-state index contributed by atoms with van der Waals surface area (Å²) in [6.07, 6.45) is 2.07. The first-order valence-electron chi connectivity index (χ1n) is 6.63. The predicted octanol–water partition coefficient (Wildman–Crippen LogP) is 4.05. The summed E-state index contributed by atoms with van der Waals surface area (Å²) in [4.78, 5) is 10.5. The highest BCUT2D eigenvalue weighted by molar-refractivity contribution is 14.1. The van der Waals surface area contributed by atoms with E-state index in [1.165, 1.54) is 4.90 Å². The second-order valence-electron chi connectivity index (χ2n) is 4.35. The number of thioether (sulfide) groups is 1. The van der Waals surface area contributed by atoms with Gasteiger partial charge in [-0.1, -0.05) is 12.1 Å². The van der Waals surface area contributed by atoms with Gasteiger partial charge >= 0.3 is 0 Å². The zero-order valence-electron chi connectivity index (χ0n) is 12.3. The second kappa shape index (κ2) is 7.95. The Labute approximate surface area is 143 Å². The third-order valence-electron chi connectivity index (χ3n) is 2.89. The van der Waals surface area contributed by atoms with Crippen molar-refractivity contribution in [1.29, 1.82) is 0 Å². The fourth-order valence-corrected chi connectivity index (χ4v) is 2.88. The average molecular weight is 415 g/mol. The lowest BCUT2D eigenvalue weighted by molar-refractivity contribution is 0.181. The van der Waals surface area contributed by atoms with Crippen LogP contribution in [0, 0.1) is 3.57 Å². The van der Waals surface area contributed by atoms with E-state index in [4.69, 9.17) is 4.74 Å². The summed E-state index contributed by atoms with van der Waals surface area (Å²) >= 11 is 3.99. The third-order valence-corrected chi connectivity index (χ3v) is 4.77. The normalized spacial score (nSPS) is 10.7. The topological polar surface area (TPSA) is 47.0 Å². The Kier molecular flexibility index (Phi) is 6.25. The van der Waals surface area contributed by atoms with Crippen LogP contribution in [0.5, 0.6) is 0 Å². The molecule has 4 nitrogen and oxygen atoms in total. The molecule has 1 heterocycles. The summed E-state index contributed by atoms with van der Waals surface area (Å²) in [5, 5.41) is 3.29. The van der Waals surface area contributed by atoms with Crippen molar-refractivity contribution in [3.05, 3.63) is 33.5 Å². The van der Waals surface area contributed by atoms with E-state index in [-0.39, 0.29) is 0 Å². The van der Waals surface area contributed by atoms with Crippen molar-refractivity contribution in [1.82, 2.24) is 9.97 Å². The van der Waals surface area contributed by atoms with Gasteiger partial charge in [-0.15, -0.1) is 11.8 Å². The number of halogens is 1. The Hall–Kier alpha value is -0.860.